The average molecular weight is 438 g/mol. The molecule has 4 rings (SSSR count). The minimum Gasteiger partial charge on any atom is -0.473 e. The van der Waals surface area contributed by atoms with E-state index < -0.39 is 10.0 Å². The van der Waals surface area contributed by atoms with E-state index in [1.54, 1.807) is 12.1 Å². The van der Waals surface area contributed by atoms with Crippen LogP contribution in [-0.4, -0.2) is 38.2 Å². The number of amides is 1. The van der Waals surface area contributed by atoms with Gasteiger partial charge in [-0.3, -0.25) is 9.10 Å². The number of aromatic nitrogens is 1. The van der Waals surface area contributed by atoms with E-state index in [9.17, 15) is 13.2 Å². The van der Waals surface area contributed by atoms with Crippen LogP contribution in [0, 0.1) is 0 Å². The first-order valence-corrected chi connectivity index (χ1v) is 11.6. The third kappa shape index (κ3) is 5.03. The molecule has 1 aromatic heterocycles. The average Bonchev–Trinajstić information content (AvgIpc) is 3.24. The number of pyridine rings is 1. The summed E-state index contributed by atoms with van der Waals surface area (Å²) in [6.07, 6.45) is 2.19. The van der Waals surface area contributed by atoms with Crippen LogP contribution in [-0.2, 0) is 23.1 Å². The first kappa shape index (κ1) is 20.9. The van der Waals surface area contributed by atoms with Crippen molar-refractivity contribution in [3.8, 4) is 5.88 Å². The molecule has 1 aliphatic heterocycles. The van der Waals surface area contributed by atoms with Gasteiger partial charge in [0.05, 0.1) is 11.4 Å². The number of hydrogen-bond acceptors (Lipinski definition) is 5. The summed E-state index contributed by atoms with van der Waals surface area (Å²) in [5, 5.41) is 2.68. The van der Waals surface area contributed by atoms with Crippen LogP contribution < -0.4 is 14.4 Å². The van der Waals surface area contributed by atoms with Crippen molar-refractivity contribution < 1.29 is 17.9 Å². The van der Waals surface area contributed by atoms with Gasteiger partial charge in [-0.15, -0.1) is 0 Å². The van der Waals surface area contributed by atoms with Gasteiger partial charge in [0.15, 0.2) is 0 Å². The molecule has 160 valence electrons. The molecule has 1 N–H and O–H groups in total. The fraction of sp³-hybridized carbons (Fsp3) is 0.217. The number of carbonyl (C=O) groups excluding carboxylic acids is 1. The number of benzene rings is 2. The number of ether oxygens (including phenoxy) is 1. The molecular formula is C23H23N3O4S. The second-order valence-electron chi connectivity index (χ2n) is 7.18. The van der Waals surface area contributed by atoms with Crippen LogP contribution in [0.15, 0.2) is 72.9 Å². The number of rotatable bonds is 8. The number of anilines is 1. The van der Waals surface area contributed by atoms with Crippen molar-refractivity contribution >= 4 is 21.6 Å². The Bertz CT molecular complexity index is 1170. The minimum absolute atomic E-state index is 0.0162. The lowest BCUT2D eigenvalue weighted by Gasteiger charge is -2.19. The molecule has 2 heterocycles. The highest BCUT2D eigenvalue weighted by molar-refractivity contribution is 7.92. The summed E-state index contributed by atoms with van der Waals surface area (Å²) in [5.41, 5.74) is 3.10. The summed E-state index contributed by atoms with van der Waals surface area (Å²) in [5.74, 6) is -0.211. The molecule has 0 saturated heterocycles. The van der Waals surface area contributed by atoms with Crippen molar-refractivity contribution in [2.24, 2.45) is 0 Å². The number of nitrogens with zero attached hydrogens (tertiary/aromatic N) is 2. The van der Waals surface area contributed by atoms with Crippen molar-refractivity contribution in [3.05, 3.63) is 89.6 Å². The molecule has 1 aliphatic rings. The van der Waals surface area contributed by atoms with Crippen LogP contribution in [0.1, 0.15) is 21.5 Å². The zero-order chi connectivity index (χ0) is 21.7. The standard InChI is InChI=1S/C23H23N3O4S/c27-23(20-10-12-24-22(16-20)30-17-18-6-2-1-3-7-18)25-13-15-31(28,29)26-14-11-19-8-4-5-9-21(19)26/h1-10,12,16H,11,13-15,17H2,(H,25,27). The van der Waals surface area contributed by atoms with Gasteiger partial charge in [-0.25, -0.2) is 13.4 Å². The molecule has 2 aromatic carbocycles. The molecule has 0 bridgehead atoms. The third-order valence-corrected chi connectivity index (χ3v) is 6.82. The highest BCUT2D eigenvalue weighted by Crippen LogP contribution is 2.29. The Morgan fingerprint density at radius 3 is 2.68 bits per heavy atom. The number of carbonyl (C=O) groups is 1. The van der Waals surface area contributed by atoms with Gasteiger partial charge in [-0.2, -0.15) is 0 Å². The Morgan fingerprint density at radius 2 is 1.84 bits per heavy atom. The number of fused-ring (bicyclic) bond motifs is 1. The Kier molecular flexibility index (Phi) is 6.18. The van der Waals surface area contributed by atoms with Crippen molar-refractivity contribution in [2.75, 3.05) is 23.1 Å². The zero-order valence-corrected chi connectivity index (χ0v) is 17.7. The van der Waals surface area contributed by atoms with Crippen molar-refractivity contribution in [3.63, 3.8) is 0 Å². The van der Waals surface area contributed by atoms with E-state index in [1.807, 2.05) is 54.6 Å². The van der Waals surface area contributed by atoms with E-state index >= 15 is 0 Å². The van der Waals surface area contributed by atoms with Crippen LogP contribution in [0.4, 0.5) is 5.69 Å². The Balaban J connectivity index is 1.32. The number of nitrogens with one attached hydrogen (secondary N) is 1. The molecule has 0 aliphatic carbocycles. The van der Waals surface area contributed by atoms with Gasteiger partial charge in [0.2, 0.25) is 15.9 Å². The quantitative estimate of drug-likeness (QED) is 0.585. The normalized spacial score (nSPS) is 13.0. The van der Waals surface area contributed by atoms with E-state index in [1.165, 1.54) is 10.5 Å². The number of sulfonamides is 1. The number of para-hydroxylation sites is 1. The molecule has 1 amide bonds. The lowest BCUT2D eigenvalue weighted by Crippen LogP contribution is -2.37. The molecule has 0 spiro atoms. The Labute approximate surface area is 181 Å². The topological polar surface area (TPSA) is 88.6 Å². The van der Waals surface area contributed by atoms with Crippen molar-refractivity contribution in [2.45, 2.75) is 13.0 Å². The van der Waals surface area contributed by atoms with Crippen LogP contribution in [0.5, 0.6) is 5.88 Å². The summed E-state index contributed by atoms with van der Waals surface area (Å²) < 4.78 is 32.5. The van der Waals surface area contributed by atoms with E-state index in [4.69, 9.17) is 4.74 Å². The SMILES string of the molecule is O=C(NCCS(=O)(=O)N1CCc2ccccc21)c1ccnc(OCc2ccccc2)c1. The highest BCUT2D eigenvalue weighted by Gasteiger charge is 2.28. The second-order valence-corrected chi connectivity index (χ2v) is 9.19. The molecule has 0 atom stereocenters. The van der Waals surface area contributed by atoms with Crippen LogP contribution in [0.2, 0.25) is 0 Å². The molecular weight excluding hydrogens is 414 g/mol. The Hall–Kier alpha value is -3.39. The first-order chi connectivity index (χ1) is 15.0. The highest BCUT2D eigenvalue weighted by atomic mass is 32.2. The van der Waals surface area contributed by atoms with E-state index in [0.29, 0.717) is 31.0 Å². The molecule has 0 fully saturated rings. The predicted octanol–water partition coefficient (Wildman–Crippen LogP) is 2.78. The van der Waals surface area contributed by atoms with Gasteiger partial charge in [0, 0.05) is 30.9 Å². The predicted molar refractivity (Wildman–Crippen MR) is 119 cm³/mol. The number of hydrogen-bond donors (Lipinski definition) is 1. The maximum absolute atomic E-state index is 12.7. The van der Waals surface area contributed by atoms with E-state index in [0.717, 1.165) is 16.8 Å². The molecule has 0 saturated carbocycles. The van der Waals surface area contributed by atoms with Crippen LogP contribution >= 0.6 is 0 Å². The molecule has 0 radical (unpaired) electrons. The zero-order valence-electron chi connectivity index (χ0n) is 16.9. The van der Waals surface area contributed by atoms with E-state index in [-0.39, 0.29) is 18.2 Å². The third-order valence-electron chi connectivity index (χ3n) is 5.05. The van der Waals surface area contributed by atoms with Gasteiger partial charge >= 0.3 is 0 Å². The second kappa shape index (κ2) is 9.18. The van der Waals surface area contributed by atoms with E-state index in [2.05, 4.69) is 10.3 Å². The molecule has 0 unspecified atom stereocenters. The monoisotopic (exact) mass is 437 g/mol. The fourth-order valence-electron chi connectivity index (χ4n) is 3.46. The van der Waals surface area contributed by atoms with Crippen molar-refractivity contribution in [1.82, 2.24) is 10.3 Å². The van der Waals surface area contributed by atoms with Crippen LogP contribution in [0.3, 0.4) is 0 Å². The summed E-state index contributed by atoms with van der Waals surface area (Å²) in [6.45, 7) is 0.791. The molecule has 8 heteroatoms. The lowest BCUT2D eigenvalue weighted by atomic mass is 10.2. The van der Waals surface area contributed by atoms with Gasteiger partial charge in [0.1, 0.15) is 6.61 Å². The molecule has 31 heavy (non-hydrogen) atoms. The summed E-state index contributed by atoms with van der Waals surface area (Å²) in [7, 11) is -3.52. The van der Waals surface area contributed by atoms with Gasteiger partial charge in [-0.1, -0.05) is 48.5 Å². The smallest absolute Gasteiger partial charge is 0.251 e. The summed E-state index contributed by atoms with van der Waals surface area (Å²) in [4.78, 5) is 16.6. The fourth-order valence-corrected chi connectivity index (χ4v) is 4.89. The summed E-state index contributed by atoms with van der Waals surface area (Å²) in [6, 6.07) is 20.2. The largest absolute Gasteiger partial charge is 0.473 e. The Morgan fingerprint density at radius 1 is 1.06 bits per heavy atom. The molecule has 7 nitrogen and oxygen atoms in total. The van der Waals surface area contributed by atoms with Gasteiger partial charge in [-0.05, 0) is 29.7 Å². The van der Waals surface area contributed by atoms with Crippen molar-refractivity contribution in [1.29, 1.82) is 0 Å². The first-order valence-electron chi connectivity index (χ1n) is 10.0. The molecule has 3 aromatic rings. The maximum Gasteiger partial charge on any atom is 0.251 e. The summed E-state index contributed by atoms with van der Waals surface area (Å²) >= 11 is 0. The van der Waals surface area contributed by atoms with Crippen LogP contribution in [0.25, 0.3) is 0 Å². The van der Waals surface area contributed by atoms with Gasteiger partial charge < -0.3 is 10.1 Å². The maximum atomic E-state index is 12.7. The minimum atomic E-state index is -3.52. The van der Waals surface area contributed by atoms with Gasteiger partial charge in [0.25, 0.3) is 5.91 Å². The lowest BCUT2D eigenvalue weighted by molar-refractivity contribution is 0.0955.